The second-order valence-electron chi connectivity index (χ2n) is 3.31. The zero-order valence-corrected chi connectivity index (χ0v) is 9.79. The highest BCUT2D eigenvalue weighted by Gasteiger charge is 2.26. The van der Waals surface area contributed by atoms with Crippen LogP contribution in [0.25, 0.3) is 11.1 Å². The summed E-state index contributed by atoms with van der Waals surface area (Å²) in [5, 5.41) is 0. The average Bonchev–Trinajstić information content (AvgIpc) is 2.29. The van der Waals surface area contributed by atoms with E-state index in [9.17, 15) is 8.78 Å². The number of nitrogens with zero attached hydrogens (tertiary/aromatic N) is 1. The topological polar surface area (TPSA) is 12.9 Å². The van der Waals surface area contributed by atoms with Gasteiger partial charge in [-0.2, -0.15) is 8.78 Å². The van der Waals surface area contributed by atoms with Gasteiger partial charge in [0.05, 0.1) is 0 Å². The summed E-state index contributed by atoms with van der Waals surface area (Å²) in [6.07, 6.45) is 3.34. The molecule has 0 amide bonds. The maximum Gasteiger partial charge on any atom is 0.326 e. The molecule has 1 heterocycles. The first-order chi connectivity index (χ1) is 7.57. The quantitative estimate of drug-likeness (QED) is 0.753. The minimum absolute atomic E-state index is 0.0506. The first-order valence-electron chi connectivity index (χ1n) is 4.65. The molecule has 0 saturated carbocycles. The van der Waals surface area contributed by atoms with Crippen molar-refractivity contribution in [3.8, 4) is 11.1 Å². The molecule has 0 saturated heterocycles. The van der Waals surface area contributed by atoms with Gasteiger partial charge in [0.15, 0.2) is 0 Å². The second kappa shape index (κ2) is 4.29. The minimum atomic E-state index is -2.97. The van der Waals surface area contributed by atoms with Crippen LogP contribution in [0.4, 0.5) is 8.78 Å². The second-order valence-corrected chi connectivity index (χ2v) is 4.31. The van der Waals surface area contributed by atoms with Crippen LogP contribution in [0, 0.1) is 0 Å². The molecule has 0 N–H and O–H groups in total. The first-order valence-corrected chi connectivity index (χ1v) is 5.44. The molecule has 16 heavy (non-hydrogen) atoms. The van der Waals surface area contributed by atoms with Crippen LogP contribution in [-0.4, -0.2) is 4.98 Å². The van der Waals surface area contributed by atoms with Gasteiger partial charge < -0.3 is 0 Å². The van der Waals surface area contributed by atoms with Gasteiger partial charge in [0.2, 0.25) is 0 Å². The van der Waals surface area contributed by atoms with Gasteiger partial charge in [-0.1, -0.05) is 24.3 Å². The van der Waals surface area contributed by atoms with Crippen molar-refractivity contribution in [3.63, 3.8) is 0 Å². The van der Waals surface area contributed by atoms with Gasteiger partial charge in [0.25, 0.3) is 0 Å². The van der Waals surface area contributed by atoms with Gasteiger partial charge in [-0.05, 0) is 39.2 Å². The fourth-order valence-corrected chi connectivity index (χ4v) is 1.66. The third-order valence-corrected chi connectivity index (χ3v) is 2.68. The van der Waals surface area contributed by atoms with Gasteiger partial charge in [-0.25, -0.2) is 0 Å². The number of benzene rings is 1. The summed E-state index contributed by atoms with van der Waals surface area (Å²) >= 11 is 2.32. The summed E-state index contributed by atoms with van der Waals surface area (Å²) in [6, 6.07) is 9.82. The smallest absolute Gasteiger partial charge is 0.265 e. The lowest BCUT2D eigenvalue weighted by Gasteiger charge is -2.09. The number of rotatable bonds is 2. The lowest BCUT2D eigenvalue weighted by Crippen LogP contribution is -2.01. The van der Waals surface area contributed by atoms with Crippen molar-refractivity contribution >= 4 is 15.9 Å². The third kappa shape index (κ3) is 2.44. The molecule has 0 atom stereocenters. The Labute approximate surface area is 100 Å². The highest BCUT2D eigenvalue weighted by molar-refractivity contribution is 9.09. The maximum absolute atomic E-state index is 12.9. The Morgan fingerprint density at radius 2 is 1.38 bits per heavy atom. The summed E-state index contributed by atoms with van der Waals surface area (Å²) in [6.45, 7) is 0. The van der Waals surface area contributed by atoms with Crippen molar-refractivity contribution in [1.29, 1.82) is 0 Å². The molecule has 0 radical (unpaired) electrons. The summed E-state index contributed by atoms with van der Waals surface area (Å²) in [5.74, 6) is 0. The van der Waals surface area contributed by atoms with E-state index < -0.39 is 4.83 Å². The van der Waals surface area contributed by atoms with Crippen LogP contribution >= 0.6 is 15.9 Å². The van der Waals surface area contributed by atoms with Crippen molar-refractivity contribution in [2.75, 3.05) is 0 Å². The lowest BCUT2D eigenvalue weighted by molar-refractivity contribution is 0.114. The highest BCUT2D eigenvalue weighted by atomic mass is 79.9. The molecule has 0 unspecified atom stereocenters. The fraction of sp³-hybridized carbons (Fsp3) is 0.0833. The number of aromatic nitrogens is 1. The Morgan fingerprint density at radius 3 is 1.88 bits per heavy atom. The van der Waals surface area contributed by atoms with Gasteiger partial charge in [0.1, 0.15) is 0 Å². The van der Waals surface area contributed by atoms with Crippen molar-refractivity contribution in [3.05, 3.63) is 54.4 Å². The molecule has 0 bridgehead atoms. The zero-order valence-electron chi connectivity index (χ0n) is 8.20. The molecule has 4 heteroatoms. The Kier molecular flexibility index (Phi) is 3.01. The molecule has 1 aromatic heterocycles. The number of hydrogen-bond donors (Lipinski definition) is 0. The Bertz CT molecular complexity index is 463. The summed E-state index contributed by atoms with van der Waals surface area (Å²) < 4.78 is 25.8. The number of halogens is 3. The Hall–Kier alpha value is -1.29. The molecule has 1 nitrogen and oxygen atoms in total. The monoisotopic (exact) mass is 283 g/mol. The molecule has 0 fully saturated rings. The van der Waals surface area contributed by atoms with E-state index in [1.54, 1.807) is 24.5 Å². The van der Waals surface area contributed by atoms with Gasteiger partial charge >= 0.3 is 4.83 Å². The molecule has 2 aromatic rings. The minimum Gasteiger partial charge on any atom is -0.265 e. The van der Waals surface area contributed by atoms with Crippen LogP contribution in [0.5, 0.6) is 0 Å². The molecule has 1 aromatic carbocycles. The Balaban J connectivity index is 2.34. The van der Waals surface area contributed by atoms with Crippen molar-refractivity contribution in [1.82, 2.24) is 4.98 Å². The normalized spacial score (nSPS) is 11.4. The number of alkyl halides is 3. The van der Waals surface area contributed by atoms with E-state index in [4.69, 9.17) is 0 Å². The number of pyridine rings is 1. The Morgan fingerprint density at radius 1 is 0.875 bits per heavy atom. The summed E-state index contributed by atoms with van der Waals surface area (Å²) in [5.41, 5.74) is 1.80. The van der Waals surface area contributed by atoms with E-state index in [1.807, 2.05) is 12.1 Å². The first kappa shape index (κ1) is 11.2. The van der Waals surface area contributed by atoms with Crippen molar-refractivity contribution in [2.45, 2.75) is 4.83 Å². The van der Waals surface area contributed by atoms with Crippen LogP contribution in [0.15, 0.2) is 48.8 Å². The van der Waals surface area contributed by atoms with Crippen LogP contribution < -0.4 is 0 Å². The van der Waals surface area contributed by atoms with Crippen LogP contribution in [0.3, 0.4) is 0 Å². The average molecular weight is 284 g/mol. The molecule has 0 aliphatic carbocycles. The molecule has 82 valence electrons. The number of hydrogen-bond acceptors (Lipinski definition) is 1. The lowest BCUT2D eigenvalue weighted by atomic mass is 10.1. The molecule has 0 aliphatic heterocycles. The standard InChI is InChI=1S/C12H8BrF2N/c13-12(14,15)11-3-1-9(2-4-11)10-5-7-16-8-6-10/h1-8H. The summed E-state index contributed by atoms with van der Waals surface area (Å²) in [4.78, 5) is 0.932. The molecular formula is C12H8BrF2N. The van der Waals surface area contributed by atoms with E-state index in [2.05, 4.69) is 20.9 Å². The van der Waals surface area contributed by atoms with E-state index in [1.165, 1.54) is 12.1 Å². The van der Waals surface area contributed by atoms with Gasteiger partial charge in [-0.15, -0.1) is 0 Å². The van der Waals surface area contributed by atoms with Gasteiger partial charge in [0, 0.05) is 18.0 Å². The maximum atomic E-state index is 12.9. The highest BCUT2D eigenvalue weighted by Crippen LogP contribution is 2.35. The predicted molar refractivity (Wildman–Crippen MR) is 62.5 cm³/mol. The molecule has 2 rings (SSSR count). The van der Waals surface area contributed by atoms with Gasteiger partial charge in [-0.3, -0.25) is 4.98 Å². The van der Waals surface area contributed by atoms with Crippen LogP contribution in [0.2, 0.25) is 0 Å². The third-order valence-electron chi connectivity index (χ3n) is 2.23. The van der Waals surface area contributed by atoms with E-state index in [0.29, 0.717) is 0 Å². The van der Waals surface area contributed by atoms with Crippen LogP contribution in [-0.2, 0) is 4.83 Å². The van der Waals surface area contributed by atoms with E-state index in [0.717, 1.165) is 11.1 Å². The van der Waals surface area contributed by atoms with E-state index >= 15 is 0 Å². The van der Waals surface area contributed by atoms with Crippen molar-refractivity contribution in [2.24, 2.45) is 0 Å². The molecule has 0 aliphatic rings. The van der Waals surface area contributed by atoms with E-state index in [-0.39, 0.29) is 5.56 Å². The summed E-state index contributed by atoms with van der Waals surface area (Å²) in [7, 11) is 0. The largest absolute Gasteiger partial charge is 0.326 e. The zero-order chi connectivity index (χ0) is 11.6. The molecule has 0 spiro atoms. The SMILES string of the molecule is FC(F)(Br)c1ccc(-c2ccncc2)cc1. The fourth-order valence-electron chi connectivity index (χ4n) is 1.40. The van der Waals surface area contributed by atoms with Crippen molar-refractivity contribution < 1.29 is 8.78 Å². The van der Waals surface area contributed by atoms with Crippen LogP contribution in [0.1, 0.15) is 5.56 Å². The molecular weight excluding hydrogens is 276 g/mol. The predicted octanol–water partition coefficient (Wildman–Crippen LogP) is 4.19.